The fourth-order valence-corrected chi connectivity index (χ4v) is 8.66. The SMILES string of the molecule is O=C1CC[C@H](c2ccc(N3CCN(CC(=O)N4CCN(CCNC(=O)C5(Oc6ccccc6)CCN(c6cnnc(-c7ccccc7O)c6)CC5)CC4)CC3)cc2)C(=O)N1. The zero-order chi connectivity index (χ0) is 41.5. The Balaban J connectivity index is 0.776. The van der Waals surface area contributed by atoms with Gasteiger partial charge in [-0.25, -0.2) is 0 Å². The van der Waals surface area contributed by atoms with E-state index in [0.29, 0.717) is 88.5 Å². The number of aromatic hydroxyl groups is 1. The lowest BCUT2D eigenvalue weighted by molar-refractivity contribution is -0.139. The van der Waals surface area contributed by atoms with Gasteiger partial charge in [0, 0.05) is 109 Å². The number of hydrogen-bond acceptors (Lipinski definition) is 12. The Morgan fingerprint density at radius 3 is 2.20 bits per heavy atom. The van der Waals surface area contributed by atoms with Crippen LogP contribution < -0.4 is 25.2 Å². The third-order valence-electron chi connectivity index (χ3n) is 12.3. The van der Waals surface area contributed by atoms with Crippen LogP contribution in [0.25, 0.3) is 11.3 Å². The van der Waals surface area contributed by atoms with Crippen LogP contribution in [0, 0.1) is 0 Å². The van der Waals surface area contributed by atoms with Gasteiger partial charge in [0.15, 0.2) is 5.60 Å². The molecular formula is C45H53N9O6. The predicted molar refractivity (Wildman–Crippen MR) is 227 cm³/mol. The first-order chi connectivity index (χ1) is 29.2. The largest absolute Gasteiger partial charge is 0.507 e. The number of anilines is 2. The van der Waals surface area contributed by atoms with E-state index in [1.54, 1.807) is 18.3 Å². The highest BCUT2D eigenvalue weighted by molar-refractivity contribution is 6.01. The summed E-state index contributed by atoms with van der Waals surface area (Å²) in [6, 6.07) is 26.5. The van der Waals surface area contributed by atoms with Gasteiger partial charge in [0.2, 0.25) is 17.7 Å². The Hall–Kier alpha value is -6.06. The summed E-state index contributed by atoms with van der Waals surface area (Å²) < 4.78 is 6.52. The number of ether oxygens (including phenoxy) is 1. The fourth-order valence-electron chi connectivity index (χ4n) is 8.66. The van der Waals surface area contributed by atoms with Crippen molar-refractivity contribution in [2.45, 2.75) is 37.2 Å². The molecule has 0 unspecified atom stereocenters. The molecule has 1 atom stereocenters. The molecular weight excluding hydrogens is 763 g/mol. The number of benzene rings is 3. The van der Waals surface area contributed by atoms with E-state index in [-0.39, 0.29) is 35.3 Å². The molecule has 5 heterocycles. The number of phenolic OH excluding ortho intramolecular Hbond substituents is 1. The van der Waals surface area contributed by atoms with E-state index in [1.165, 1.54) is 0 Å². The summed E-state index contributed by atoms with van der Waals surface area (Å²) in [5.74, 6) is 0.0809. The van der Waals surface area contributed by atoms with Crippen LogP contribution in [0.1, 0.15) is 37.2 Å². The number of piperazine rings is 2. The lowest BCUT2D eigenvalue weighted by Gasteiger charge is -2.41. The van der Waals surface area contributed by atoms with Crippen LogP contribution in [0.4, 0.5) is 11.4 Å². The number of nitrogens with zero attached hydrogens (tertiary/aromatic N) is 7. The highest BCUT2D eigenvalue weighted by Gasteiger charge is 2.44. The Morgan fingerprint density at radius 2 is 1.48 bits per heavy atom. The average Bonchev–Trinajstić information content (AvgIpc) is 3.28. The number of phenols is 1. The van der Waals surface area contributed by atoms with E-state index in [2.05, 4.69) is 40.4 Å². The summed E-state index contributed by atoms with van der Waals surface area (Å²) in [5.41, 5.74) is 3.03. The molecule has 0 aliphatic carbocycles. The van der Waals surface area contributed by atoms with Crippen LogP contribution in [-0.4, -0.2) is 144 Å². The predicted octanol–water partition coefficient (Wildman–Crippen LogP) is 2.87. The molecule has 4 saturated heterocycles. The number of aromatic nitrogens is 2. The molecule has 4 aromatic rings. The quantitative estimate of drug-likeness (QED) is 0.180. The fraction of sp³-hybridized carbons (Fsp3) is 0.422. The van der Waals surface area contributed by atoms with Gasteiger partial charge in [-0.05, 0) is 54.4 Å². The molecule has 8 rings (SSSR count). The van der Waals surface area contributed by atoms with Crippen molar-refractivity contribution in [3.63, 3.8) is 0 Å². The smallest absolute Gasteiger partial charge is 0.264 e. The van der Waals surface area contributed by atoms with Crippen molar-refractivity contribution in [3.05, 3.63) is 96.7 Å². The first-order valence-corrected chi connectivity index (χ1v) is 21.0. The van der Waals surface area contributed by atoms with Crippen LogP contribution in [0.3, 0.4) is 0 Å². The minimum Gasteiger partial charge on any atom is -0.507 e. The second-order valence-corrected chi connectivity index (χ2v) is 16.0. The van der Waals surface area contributed by atoms with Gasteiger partial charge in [-0.1, -0.05) is 42.5 Å². The summed E-state index contributed by atoms with van der Waals surface area (Å²) in [6.07, 6.45) is 3.55. The molecule has 60 heavy (non-hydrogen) atoms. The van der Waals surface area contributed by atoms with Crippen LogP contribution in [0.2, 0.25) is 0 Å². The monoisotopic (exact) mass is 815 g/mol. The second kappa shape index (κ2) is 18.5. The molecule has 4 fully saturated rings. The Morgan fingerprint density at radius 1 is 0.800 bits per heavy atom. The molecule has 3 N–H and O–H groups in total. The molecule has 4 amide bonds. The van der Waals surface area contributed by atoms with E-state index in [0.717, 1.165) is 56.2 Å². The Labute approximate surface area is 350 Å². The molecule has 15 heteroatoms. The van der Waals surface area contributed by atoms with E-state index in [9.17, 15) is 24.3 Å². The molecule has 1 aromatic heterocycles. The van der Waals surface area contributed by atoms with Gasteiger partial charge in [-0.15, -0.1) is 0 Å². The summed E-state index contributed by atoms with van der Waals surface area (Å²) in [7, 11) is 0. The minimum atomic E-state index is -1.04. The van der Waals surface area contributed by atoms with E-state index in [4.69, 9.17) is 4.74 Å². The summed E-state index contributed by atoms with van der Waals surface area (Å²) in [6.45, 7) is 8.67. The van der Waals surface area contributed by atoms with Crippen molar-refractivity contribution in [2.24, 2.45) is 0 Å². The minimum absolute atomic E-state index is 0.132. The topological polar surface area (TPSA) is 164 Å². The lowest BCUT2D eigenvalue weighted by Crippen LogP contribution is -2.58. The molecule has 4 aliphatic rings. The Kier molecular flexibility index (Phi) is 12.5. The van der Waals surface area contributed by atoms with Crippen molar-refractivity contribution >= 4 is 35.0 Å². The number of amides is 4. The van der Waals surface area contributed by atoms with Gasteiger partial charge in [-0.3, -0.25) is 34.3 Å². The molecule has 314 valence electrons. The van der Waals surface area contributed by atoms with E-state index < -0.39 is 5.60 Å². The summed E-state index contributed by atoms with van der Waals surface area (Å²) >= 11 is 0. The van der Waals surface area contributed by atoms with Gasteiger partial charge in [0.05, 0.1) is 30.0 Å². The number of hydrogen-bond donors (Lipinski definition) is 3. The molecule has 4 aliphatic heterocycles. The lowest BCUT2D eigenvalue weighted by atomic mass is 9.89. The van der Waals surface area contributed by atoms with Crippen molar-refractivity contribution in [1.29, 1.82) is 0 Å². The van der Waals surface area contributed by atoms with Crippen molar-refractivity contribution < 1.29 is 29.0 Å². The number of rotatable bonds is 12. The number of piperidine rings is 2. The zero-order valence-electron chi connectivity index (χ0n) is 33.9. The maximum absolute atomic E-state index is 14.0. The molecule has 0 bridgehead atoms. The normalized spacial score (nSPS) is 20.1. The maximum Gasteiger partial charge on any atom is 0.264 e. The van der Waals surface area contributed by atoms with Crippen molar-refractivity contribution in [2.75, 3.05) is 94.9 Å². The van der Waals surface area contributed by atoms with Gasteiger partial charge >= 0.3 is 0 Å². The average molecular weight is 816 g/mol. The Bertz CT molecular complexity index is 2130. The number of imide groups is 1. The second-order valence-electron chi connectivity index (χ2n) is 16.0. The van der Waals surface area contributed by atoms with Gasteiger partial charge in [-0.2, -0.15) is 10.2 Å². The van der Waals surface area contributed by atoms with Crippen molar-refractivity contribution in [1.82, 2.24) is 35.5 Å². The highest BCUT2D eigenvalue weighted by atomic mass is 16.5. The molecule has 0 spiro atoms. The number of carbonyl (C=O) groups excluding carboxylic acids is 4. The van der Waals surface area contributed by atoms with E-state index in [1.807, 2.05) is 77.7 Å². The number of carbonyl (C=O) groups is 4. The third-order valence-corrected chi connectivity index (χ3v) is 12.3. The van der Waals surface area contributed by atoms with Crippen molar-refractivity contribution in [3.8, 4) is 22.8 Å². The van der Waals surface area contributed by atoms with Gasteiger partial charge in [0.1, 0.15) is 11.5 Å². The first-order valence-electron chi connectivity index (χ1n) is 21.0. The summed E-state index contributed by atoms with van der Waals surface area (Å²) in [5, 5.41) is 24.5. The maximum atomic E-state index is 14.0. The van der Waals surface area contributed by atoms with Crippen LogP contribution in [0.15, 0.2) is 91.1 Å². The zero-order valence-corrected chi connectivity index (χ0v) is 33.9. The molecule has 3 aromatic carbocycles. The van der Waals surface area contributed by atoms with E-state index >= 15 is 0 Å². The van der Waals surface area contributed by atoms with Gasteiger partial charge in [0.25, 0.3) is 5.91 Å². The van der Waals surface area contributed by atoms with Crippen LogP contribution in [-0.2, 0) is 19.2 Å². The molecule has 0 saturated carbocycles. The van der Waals surface area contributed by atoms with Gasteiger partial charge < -0.3 is 29.9 Å². The number of para-hydroxylation sites is 2. The van der Waals surface area contributed by atoms with Crippen LogP contribution >= 0.6 is 0 Å². The summed E-state index contributed by atoms with van der Waals surface area (Å²) in [4.78, 5) is 62.1. The molecule has 15 nitrogen and oxygen atoms in total. The molecule has 0 radical (unpaired) electrons. The third kappa shape index (κ3) is 9.53. The number of nitrogens with one attached hydrogen (secondary N) is 2. The van der Waals surface area contributed by atoms with Crippen LogP contribution in [0.5, 0.6) is 11.5 Å². The highest BCUT2D eigenvalue weighted by Crippen LogP contribution is 2.34. The first kappa shape index (κ1) is 40.7. The standard InChI is InChI=1S/C45H53N9O6/c55-40-9-5-4-8-38(40)39-30-35(31-47-49-39)52-19-16-45(17-20-52,60-36-6-2-1-3-7-36)44(59)46-18-21-50-22-28-54(29-23-50)42(57)32-51-24-26-53(27-25-51)34-12-10-33(11-13-34)37-14-15-41(56)48-43(37)58/h1-13,30-31,37,55H,14-29,32H2,(H,46,59)(H,48,56,58)/t37-/m1/s1.